The highest BCUT2D eigenvalue weighted by atomic mass is 16.1. The average molecular weight is 276 g/mol. The van der Waals surface area contributed by atoms with Crippen LogP contribution in [0.15, 0.2) is 59.7 Å². The second-order valence-corrected chi connectivity index (χ2v) is 5.75. The number of Topliss-reactive ketones (excluding diaryl/α,β-unsaturated/α-hetero) is 1. The summed E-state index contributed by atoms with van der Waals surface area (Å²) in [5.74, 6) is 0.450. The van der Waals surface area contributed by atoms with Crippen molar-refractivity contribution in [2.24, 2.45) is 0 Å². The molecule has 1 heteroatoms. The van der Waals surface area contributed by atoms with Gasteiger partial charge >= 0.3 is 0 Å². The van der Waals surface area contributed by atoms with Crippen molar-refractivity contribution in [2.45, 2.75) is 33.1 Å². The van der Waals surface area contributed by atoms with Crippen molar-refractivity contribution in [3.8, 4) is 0 Å². The van der Waals surface area contributed by atoms with Crippen LogP contribution in [0.2, 0.25) is 0 Å². The Kier molecular flexibility index (Phi) is 3.50. The molecule has 0 N–H and O–H groups in total. The molecule has 0 atom stereocenters. The lowest BCUT2D eigenvalue weighted by Gasteiger charge is -2.15. The number of allylic oxidation sites excluding steroid dienone is 4. The summed E-state index contributed by atoms with van der Waals surface area (Å²) in [7, 11) is 0. The lowest BCUT2D eigenvalue weighted by atomic mass is 9.88. The molecule has 0 amide bonds. The summed E-state index contributed by atoms with van der Waals surface area (Å²) in [6, 6.07) is 12.4. The van der Waals surface area contributed by atoms with E-state index in [0.717, 1.165) is 21.9 Å². The Balaban J connectivity index is 2.26. The molecule has 0 radical (unpaired) electrons. The third-order valence-corrected chi connectivity index (χ3v) is 4.40. The van der Waals surface area contributed by atoms with Crippen molar-refractivity contribution in [3.63, 3.8) is 0 Å². The van der Waals surface area contributed by atoms with Crippen molar-refractivity contribution in [2.75, 3.05) is 0 Å². The Morgan fingerprint density at radius 3 is 2.33 bits per heavy atom. The topological polar surface area (TPSA) is 17.1 Å². The van der Waals surface area contributed by atoms with E-state index in [-0.39, 0.29) is 11.7 Å². The molecule has 0 saturated heterocycles. The van der Waals surface area contributed by atoms with E-state index in [4.69, 9.17) is 0 Å². The zero-order valence-corrected chi connectivity index (χ0v) is 12.8. The number of fused-ring (bicyclic) bond motifs is 1. The molecule has 21 heavy (non-hydrogen) atoms. The van der Waals surface area contributed by atoms with Crippen molar-refractivity contribution < 1.29 is 4.79 Å². The minimum Gasteiger partial charge on any atom is -0.294 e. The SMILES string of the molecule is CCC(=O)c1c(C2C=C(C)C(C)=C2)ccc2ccccc12. The van der Waals surface area contributed by atoms with Gasteiger partial charge in [-0.1, -0.05) is 66.6 Å². The van der Waals surface area contributed by atoms with E-state index in [0.29, 0.717) is 6.42 Å². The molecule has 1 aliphatic carbocycles. The first-order chi connectivity index (χ1) is 10.1. The van der Waals surface area contributed by atoms with E-state index in [2.05, 4.69) is 50.3 Å². The van der Waals surface area contributed by atoms with E-state index in [1.807, 2.05) is 19.1 Å². The van der Waals surface area contributed by atoms with E-state index in [1.54, 1.807) is 0 Å². The van der Waals surface area contributed by atoms with Crippen molar-refractivity contribution >= 4 is 16.6 Å². The monoisotopic (exact) mass is 276 g/mol. The largest absolute Gasteiger partial charge is 0.294 e. The van der Waals surface area contributed by atoms with Gasteiger partial charge in [-0.25, -0.2) is 0 Å². The van der Waals surface area contributed by atoms with Crippen LogP contribution in [-0.2, 0) is 0 Å². The number of rotatable bonds is 3. The molecule has 0 fully saturated rings. The summed E-state index contributed by atoms with van der Waals surface area (Å²) in [6.45, 7) is 6.20. The van der Waals surface area contributed by atoms with Gasteiger partial charge in [0.15, 0.2) is 5.78 Å². The van der Waals surface area contributed by atoms with Gasteiger partial charge in [0.2, 0.25) is 0 Å². The first kappa shape index (κ1) is 13.8. The van der Waals surface area contributed by atoms with Crippen LogP contribution in [-0.4, -0.2) is 5.78 Å². The summed E-state index contributed by atoms with van der Waals surface area (Å²) in [5.41, 5.74) is 4.65. The van der Waals surface area contributed by atoms with Crippen LogP contribution in [0.3, 0.4) is 0 Å². The van der Waals surface area contributed by atoms with Crippen LogP contribution in [0.25, 0.3) is 10.8 Å². The highest BCUT2D eigenvalue weighted by Crippen LogP contribution is 2.36. The quantitative estimate of drug-likeness (QED) is 0.684. The molecule has 0 saturated carbocycles. The molecular formula is C20H20O. The summed E-state index contributed by atoms with van der Waals surface area (Å²) in [6.07, 6.45) is 5.05. The van der Waals surface area contributed by atoms with Gasteiger partial charge in [-0.2, -0.15) is 0 Å². The van der Waals surface area contributed by atoms with Crippen LogP contribution < -0.4 is 0 Å². The van der Waals surface area contributed by atoms with Crippen LogP contribution in [0.4, 0.5) is 0 Å². The lowest BCUT2D eigenvalue weighted by molar-refractivity contribution is 0.0989. The number of carbonyl (C=O) groups is 1. The number of ketones is 1. The van der Waals surface area contributed by atoms with Gasteiger partial charge in [0.25, 0.3) is 0 Å². The van der Waals surface area contributed by atoms with Gasteiger partial charge in [-0.3, -0.25) is 4.79 Å². The van der Waals surface area contributed by atoms with E-state index < -0.39 is 0 Å². The average Bonchev–Trinajstić information content (AvgIpc) is 2.84. The molecular weight excluding hydrogens is 256 g/mol. The fourth-order valence-electron chi connectivity index (χ4n) is 3.08. The van der Waals surface area contributed by atoms with Crippen molar-refractivity contribution in [1.82, 2.24) is 0 Å². The molecule has 2 aromatic rings. The maximum atomic E-state index is 12.5. The van der Waals surface area contributed by atoms with Crippen molar-refractivity contribution in [1.29, 1.82) is 0 Å². The van der Waals surface area contributed by atoms with Gasteiger partial charge in [-0.15, -0.1) is 0 Å². The summed E-state index contributed by atoms with van der Waals surface area (Å²) in [4.78, 5) is 12.5. The minimum absolute atomic E-state index is 0.222. The first-order valence-electron chi connectivity index (χ1n) is 7.54. The van der Waals surface area contributed by atoms with Gasteiger partial charge in [-0.05, 0) is 30.2 Å². The van der Waals surface area contributed by atoms with Crippen LogP contribution in [0, 0.1) is 0 Å². The Hall–Kier alpha value is -2.15. The molecule has 1 aliphatic rings. The Bertz CT molecular complexity index is 760. The lowest BCUT2D eigenvalue weighted by Crippen LogP contribution is -2.05. The molecule has 1 nitrogen and oxygen atoms in total. The minimum atomic E-state index is 0.222. The number of carbonyl (C=O) groups excluding carboxylic acids is 1. The van der Waals surface area contributed by atoms with Gasteiger partial charge in [0, 0.05) is 17.9 Å². The standard InChI is InChI=1S/C20H20O/c1-4-19(21)20-17-8-6-5-7-15(17)9-10-18(20)16-11-13(2)14(3)12-16/h5-12,16H,4H2,1-3H3. The second kappa shape index (κ2) is 5.33. The summed E-state index contributed by atoms with van der Waals surface area (Å²) in [5, 5.41) is 2.21. The molecule has 0 heterocycles. The second-order valence-electron chi connectivity index (χ2n) is 5.75. The normalized spacial score (nSPS) is 15.2. The predicted molar refractivity (Wildman–Crippen MR) is 88.8 cm³/mol. The number of benzene rings is 2. The zero-order valence-electron chi connectivity index (χ0n) is 12.8. The van der Waals surface area contributed by atoms with Crippen LogP contribution >= 0.6 is 0 Å². The van der Waals surface area contributed by atoms with Crippen LogP contribution in [0.5, 0.6) is 0 Å². The Labute approximate surface area is 126 Å². The summed E-state index contributed by atoms with van der Waals surface area (Å²) >= 11 is 0. The number of hydrogen-bond donors (Lipinski definition) is 0. The Morgan fingerprint density at radius 1 is 1.00 bits per heavy atom. The molecule has 0 aromatic heterocycles. The Morgan fingerprint density at radius 2 is 1.67 bits per heavy atom. The van der Waals surface area contributed by atoms with E-state index in [9.17, 15) is 4.79 Å². The number of hydrogen-bond acceptors (Lipinski definition) is 1. The maximum Gasteiger partial charge on any atom is 0.163 e. The zero-order chi connectivity index (χ0) is 15.0. The fourth-order valence-corrected chi connectivity index (χ4v) is 3.08. The predicted octanol–water partition coefficient (Wildman–Crippen LogP) is 5.42. The molecule has 0 bridgehead atoms. The highest BCUT2D eigenvalue weighted by Gasteiger charge is 2.21. The molecule has 0 aliphatic heterocycles. The smallest absolute Gasteiger partial charge is 0.163 e. The molecule has 3 rings (SSSR count). The van der Waals surface area contributed by atoms with E-state index in [1.165, 1.54) is 11.1 Å². The van der Waals surface area contributed by atoms with Gasteiger partial charge in [0.05, 0.1) is 0 Å². The molecule has 0 unspecified atom stereocenters. The third-order valence-electron chi connectivity index (χ3n) is 4.40. The molecule has 2 aromatic carbocycles. The van der Waals surface area contributed by atoms with Gasteiger partial charge in [0.1, 0.15) is 0 Å². The molecule has 0 spiro atoms. The fraction of sp³-hybridized carbons (Fsp3) is 0.250. The van der Waals surface area contributed by atoms with Gasteiger partial charge < -0.3 is 0 Å². The maximum absolute atomic E-state index is 12.5. The summed E-state index contributed by atoms with van der Waals surface area (Å²) < 4.78 is 0. The molecule has 106 valence electrons. The van der Waals surface area contributed by atoms with E-state index >= 15 is 0 Å². The van der Waals surface area contributed by atoms with Crippen LogP contribution in [0.1, 0.15) is 49.0 Å². The third kappa shape index (κ3) is 2.33. The van der Waals surface area contributed by atoms with Crippen molar-refractivity contribution in [3.05, 3.63) is 70.8 Å². The first-order valence-corrected chi connectivity index (χ1v) is 7.54. The highest BCUT2D eigenvalue weighted by molar-refractivity contribution is 6.09.